The van der Waals surface area contributed by atoms with E-state index in [1.807, 2.05) is 31.2 Å². The van der Waals surface area contributed by atoms with Crippen molar-refractivity contribution in [1.29, 1.82) is 0 Å². The molecule has 3 rings (SSSR count). The Bertz CT molecular complexity index is 841. The standard InChI is InChI=1S/C18H17BBrN3OS/c1-18(6-7-25-17(21)23-18)12-8-13(19)10-15(9-12)22-16(24)11-2-4-14(20)5-3-11/h2-5,8-10H,6-7H2,1H3,(H2,21,23)(H,22,24). The van der Waals surface area contributed by atoms with Crippen molar-refractivity contribution < 1.29 is 4.79 Å². The molecule has 2 radical (unpaired) electrons. The number of hydrogen-bond acceptors (Lipinski definition) is 4. The van der Waals surface area contributed by atoms with Crippen LogP contribution in [0.4, 0.5) is 5.69 Å². The van der Waals surface area contributed by atoms with Crippen LogP contribution in [0.5, 0.6) is 0 Å². The Labute approximate surface area is 161 Å². The summed E-state index contributed by atoms with van der Waals surface area (Å²) in [5.41, 5.74) is 8.23. The van der Waals surface area contributed by atoms with Gasteiger partial charge in [0.05, 0.1) is 5.54 Å². The number of aliphatic imine (C=N–C) groups is 1. The lowest BCUT2D eigenvalue weighted by atomic mass is 9.84. The number of amidine groups is 1. The number of carbonyl (C=O) groups excluding carboxylic acids is 1. The molecule has 2 aromatic carbocycles. The normalized spacial score (nSPS) is 20.0. The van der Waals surface area contributed by atoms with E-state index in [1.54, 1.807) is 30.0 Å². The van der Waals surface area contributed by atoms with E-state index >= 15 is 0 Å². The van der Waals surface area contributed by atoms with Crippen molar-refractivity contribution in [2.45, 2.75) is 18.9 Å². The van der Waals surface area contributed by atoms with Crippen molar-refractivity contribution in [3.8, 4) is 0 Å². The average Bonchev–Trinajstić information content (AvgIpc) is 2.54. The van der Waals surface area contributed by atoms with Crippen molar-refractivity contribution in [2.75, 3.05) is 11.1 Å². The summed E-state index contributed by atoms with van der Waals surface area (Å²) in [5.74, 6) is 0.720. The molecule has 4 nitrogen and oxygen atoms in total. The molecule has 0 aromatic heterocycles. The lowest BCUT2D eigenvalue weighted by Gasteiger charge is -2.30. The van der Waals surface area contributed by atoms with E-state index in [1.165, 1.54) is 0 Å². The van der Waals surface area contributed by atoms with Gasteiger partial charge in [0.2, 0.25) is 0 Å². The van der Waals surface area contributed by atoms with Crippen LogP contribution in [0.2, 0.25) is 0 Å². The Hall–Kier alpha value is -1.73. The van der Waals surface area contributed by atoms with Crippen LogP contribution in [0, 0.1) is 0 Å². The zero-order chi connectivity index (χ0) is 18.0. The SMILES string of the molecule is [B]c1cc(NC(=O)c2ccc(Br)cc2)cc(C2(C)CCSC(N)=N2)c1. The summed E-state index contributed by atoms with van der Waals surface area (Å²) in [4.78, 5) is 17.0. The van der Waals surface area contributed by atoms with Gasteiger partial charge in [-0.3, -0.25) is 9.79 Å². The molecule has 0 bridgehead atoms. The Morgan fingerprint density at radius 3 is 2.72 bits per heavy atom. The van der Waals surface area contributed by atoms with Gasteiger partial charge in [-0.2, -0.15) is 0 Å². The molecule has 25 heavy (non-hydrogen) atoms. The molecule has 2 aromatic rings. The van der Waals surface area contributed by atoms with Crippen LogP contribution in [-0.4, -0.2) is 24.7 Å². The topological polar surface area (TPSA) is 67.5 Å². The number of amides is 1. The van der Waals surface area contributed by atoms with Crippen LogP contribution >= 0.6 is 27.7 Å². The molecule has 1 amide bonds. The number of benzene rings is 2. The van der Waals surface area contributed by atoms with Gasteiger partial charge < -0.3 is 11.1 Å². The molecule has 3 N–H and O–H groups in total. The Morgan fingerprint density at radius 1 is 1.32 bits per heavy atom. The summed E-state index contributed by atoms with van der Waals surface area (Å²) in [5, 5.41) is 3.49. The minimum absolute atomic E-state index is 0.184. The first kappa shape index (κ1) is 18.1. The minimum Gasteiger partial charge on any atom is -0.379 e. The van der Waals surface area contributed by atoms with Crippen molar-refractivity contribution in [2.24, 2.45) is 10.7 Å². The molecule has 1 aliphatic rings. The number of anilines is 1. The summed E-state index contributed by atoms with van der Waals surface area (Å²) in [6, 6.07) is 12.7. The predicted molar refractivity (Wildman–Crippen MR) is 110 cm³/mol. The van der Waals surface area contributed by atoms with Crippen molar-refractivity contribution in [3.05, 3.63) is 58.1 Å². The highest BCUT2D eigenvalue weighted by molar-refractivity contribution is 9.10. The molecule has 1 atom stereocenters. The third kappa shape index (κ3) is 4.28. The molecular formula is C18H17BBrN3OS. The Kier molecular flexibility index (Phi) is 5.25. The number of carbonyl (C=O) groups is 1. The van der Waals surface area contributed by atoms with Gasteiger partial charge in [-0.05, 0) is 55.3 Å². The van der Waals surface area contributed by atoms with Gasteiger partial charge in [-0.15, -0.1) is 0 Å². The van der Waals surface area contributed by atoms with E-state index in [4.69, 9.17) is 13.6 Å². The van der Waals surface area contributed by atoms with E-state index in [0.29, 0.717) is 21.9 Å². The number of hydrogen-bond donors (Lipinski definition) is 2. The van der Waals surface area contributed by atoms with E-state index in [9.17, 15) is 4.79 Å². The second-order valence-electron chi connectivity index (χ2n) is 6.13. The van der Waals surface area contributed by atoms with Gasteiger partial charge in [-0.25, -0.2) is 0 Å². The first-order valence-electron chi connectivity index (χ1n) is 7.82. The maximum atomic E-state index is 12.4. The highest BCUT2D eigenvalue weighted by atomic mass is 79.9. The smallest absolute Gasteiger partial charge is 0.255 e. The highest BCUT2D eigenvalue weighted by Crippen LogP contribution is 2.35. The fraction of sp³-hybridized carbons (Fsp3) is 0.222. The molecule has 7 heteroatoms. The fourth-order valence-corrected chi connectivity index (χ4v) is 3.97. The van der Waals surface area contributed by atoms with Gasteiger partial charge in [0.1, 0.15) is 7.85 Å². The monoisotopic (exact) mass is 413 g/mol. The van der Waals surface area contributed by atoms with Crippen LogP contribution in [0.25, 0.3) is 0 Å². The molecule has 0 spiro atoms. The summed E-state index contributed by atoms with van der Waals surface area (Å²) >= 11 is 4.92. The lowest BCUT2D eigenvalue weighted by molar-refractivity contribution is 0.102. The maximum absolute atomic E-state index is 12.4. The van der Waals surface area contributed by atoms with Crippen molar-refractivity contribution in [1.82, 2.24) is 0 Å². The number of nitrogens with one attached hydrogen (secondary N) is 1. The quantitative estimate of drug-likeness (QED) is 0.759. The summed E-state index contributed by atoms with van der Waals surface area (Å²) in [7, 11) is 6.05. The number of nitrogens with zero attached hydrogens (tertiary/aromatic N) is 1. The van der Waals surface area contributed by atoms with Crippen molar-refractivity contribution >= 4 is 57.8 Å². The van der Waals surface area contributed by atoms with Gasteiger partial charge >= 0.3 is 0 Å². The highest BCUT2D eigenvalue weighted by Gasteiger charge is 2.29. The number of nitrogens with two attached hydrogens (primary N) is 1. The zero-order valence-electron chi connectivity index (χ0n) is 13.8. The zero-order valence-corrected chi connectivity index (χ0v) is 16.2. The van der Waals surface area contributed by atoms with Crippen LogP contribution < -0.4 is 16.5 Å². The number of rotatable bonds is 3. The van der Waals surface area contributed by atoms with E-state index < -0.39 is 5.54 Å². The molecule has 0 saturated carbocycles. The lowest BCUT2D eigenvalue weighted by Crippen LogP contribution is -2.30. The Morgan fingerprint density at radius 2 is 2.04 bits per heavy atom. The molecule has 1 aliphatic heterocycles. The summed E-state index contributed by atoms with van der Waals surface area (Å²) in [6.07, 6.45) is 0.863. The molecule has 126 valence electrons. The van der Waals surface area contributed by atoms with Crippen LogP contribution in [0.15, 0.2) is 51.9 Å². The van der Waals surface area contributed by atoms with E-state index in [0.717, 1.165) is 22.2 Å². The van der Waals surface area contributed by atoms with Crippen LogP contribution in [0.1, 0.15) is 29.3 Å². The molecule has 1 heterocycles. The predicted octanol–water partition coefficient (Wildman–Crippen LogP) is 3.16. The first-order chi connectivity index (χ1) is 11.9. The average molecular weight is 414 g/mol. The van der Waals surface area contributed by atoms with Crippen molar-refractivity contribution in [3.63, 3.8) is 0 Å². The molecule has 1 unspecified atom stereocenters. The minimum atomic E-state index is -0.429. The van der Waals surface area contributed by atoms with Gasteiger partial charge in [-0.1, -0.05) is 39.2 Å². The van der Waals surface area contributed by atoms with E-state index in [-0.39, 0.29) is 5.91 Å². The number of halogens is 1. The molecule has 0 fully saturated rings. The third-order valence-corrected chi connectivity index (χ3v) is 5.46. The van der Waals surface area contributed by atoms with Gasteiger partial charge in [0, 0.05) is 21.5 Å². The second-order valence-corrected chi connectivity index (χ2v) is 8.16. The van der Waals surface area contributed by atoms with Gasteiger partial charge in [0.25, 0.3) is 5.91 Å². The van der Waals surface area contributed by atoms with Crippen LogP contribution in [-0.2, 0) is 5.54 Å². The molecule has 0 aliphatic carbocycles. The van der Waals surface area contributed by atoms with E-state index in [2.05, 4.69) is 26.2 Å². The Balaban J connectivity index is 1.88. The fourth-order valence-electron chi connectivity index (χ4n) is 2.73. The second kappa shape index (κ2) is 7.26. The number of thioether (sulfide) groups is 1. The molecular weight excluding hydrogens is 397 g/mol. The molecule has 0 saturated heterocycles. The largest absolute Gasteiger partial charge is 0.379 e. The maximum Gasteiger partial charge on any atom is 0.255 e. The third-order valence-electron chi connectivity index (χ3n) is 4.14. The summed E-state index contributed by atoms with van der Waals surface area (Å²) in [6.45, 7) is 2.04. The van der Waals surface area contributed by atoms with Gasteiger partial charge in [0.15, 0.2) is 5.17 Å². The first-order valence-corrected chi connectivity index (χ1v) is 9.60. The summed E-state index contributed by atoms with van der Waals surface area (Å²) < 4.78 is 0.925. The van der Waals surface area contributed by atoms with Crippen LogP contribution in [0.3, 0.4) is 0 Å².